The second kappa shape index (κ2) is 11.6. The van der Waals surface area contributed by atoms with Crippen LogP contribution in [0, 0.1) is 0 Å². The predicted octanol–water partition coefficient (Wildman–Crippen LogP) is 11.6. The molecule has 214 valence electrons. The number of hydrogen-bond acceptors (Lipinski definition) is 2. The first-order chi connectivity index (χ1) is 22.3. The smallest absolute Gasteiger partial charge is 0.0541 e. The fourth-order valence-corrected chi connectivity index (χ4v) is 6.22. The zero-order valence-corrected chi connectivity index (χ0v) is 24.7. The molecule has 0 atom stereocenters. The van der Waals surface area contributed by atoms with E-state index in [2.05, 4.69) is 167 Å². The number of nitrogens with one attached hydrogen (secondary N) is 2. The summed E-state index contributed by atoms with van der Waals surface area (Å²) in [6.45, 7) is 0. The van der Waals surface area contributed by atoms with Crippen molar-refractivity contribution in [3.63, 3.8) is 0 Å². The first-order valence-electron chi connectivity index (χ1n) is 15.3. The van der Waals surface area contributed by atoms with E-state index in [1.54, 1.807) is 0 Å². The van der Waals surface area contributed by atoms with E-state index in [-0.39, 0.29) is 0 Å². The van der Waals surface area contributed by atoms with Crippen molar-refractivity contribution in [2.45, 2.75) is 0 Å². The van der Waals surface area contributed by atoms with E-state index in [4.69, 9.17) is 0 Å². The molecule has 45 heavy (non-hydrogen) atoms. The predicted molar refractivity (Wildman–Crippen MR) is 191 cm³/mol. The molecular weight excluding hydrogens is 546 g/mol. The zero-order chi connectivity index (χ0) is 30.0. The summed E-state index contributed by atoms with van der Waals surface area (Å²) in [5, 5.41) is 9.60. The molecule has 0 amide bonds. The van der Waals surface area contributed by atoms with Gasteiger partial charge in [0.2, 0.25) is 0 Å². The highest BCUT2D eigenvalue weighted by Crippen LogP contribution is 2.39. The van der Waals surface area contributed by atoms with Crippen LogP contribution in [0.5, 0.6) is 0 Å². The van der Waals surface area contributed by atoms with Gasteiger partial charge in [0, 0.05) is 39.2 Å². The van der Waals surface area contributed by atoms with Gasteiger partial charge in [-0.1, -0.05) is 97.1 Å². The first kappa shape index (κ1) is 26.6. The Morgan fingerprint density at radius 2 is 0.867 bits per heavy atom. The van der Waals surface area contributed by atoms with Crippen molar-refractivity contribution in [2.24, 2.45) is 0 Å². The van der Waals surface area contributed by atoms with Crippen molar-refractivity contribution >= 4 is 44.6 Å². The van der Waals surface area contributed by atoms with E-state index < -0.39 is 0 Å². The van der Waals surface area contributed by atoms with E-state index >= 15 is 0 Å². The molecule has 0 spiro atoms. The molecule has 0 unspecified atom stereocenters. The number of aromatic nitrogens is 1. The monoisotopic (exact) mass is 577 g/mol. The van der Waals surface area contributed by atoms with Crippen LogP contribution in [0.3, 0.4) is 0 Å². The summed E-state index contributed by atoms with van der Waals surface area (Å²) < 4.78 is 2.36. The third-order valence-electron chi connectivity index (χ3n) is 8.34. The summed E-state index contributed by atoms with van der Waals surface area (Å²) >= 11 is 0. The Balaban J connectivity index is 1.26. The lowest BCUT2D eigenvalue weighted by atomic mass is 9.93. The summed E-state index contributed by atoms with van der Waals surface area (Å²) in [7, 11) is 0. The largest absolute Gasteiger partial charge is 0.356 e. The highest BCUT2D eigenvalue weighted by atomic mass is 15.0. The van der Waals surface area contributed by atoms with Gasteiger partial charge in [0.05, 0.1) is 11.0 Å². The second-order valence-electron chi connectivity index (χ2n) is 11.2. The fraction of sp³-hybridized carbons (Fsp3) is 0. The molecule has 0 bridgehead atoms. The maximum absolute atomic E-state index is 3.61. The molecule has 8 rings (SSSR count). The van der Waals surface area contributed by atoms with Gasteiger partial charge in [0.25, 0.3) is 0 Å². The minimum absolute atomic E-state index is 1.05. The lowest BCUT2D eigenvalue weighted by Gasteiger charge is -2.15. The molecule has 2 N–H and O–H groups in total. The van der Waals surface area contributed by atoms with Gasteiger partial charge in [-0.2, -0.15) is 0 Å². The molecule has 0 fully saturated rings. The second-order valence-corrected chi connectivity index (χ2v) is 11.2. The standard InChI is InChI=1S/C42H31N3/c1-4-12-32(13-5-1)43-34-23-20-30(21-24-34)37-26-25-35(44-33-14-6-2-7-15-33)29-39(37)31-22-27-42-40(28-31)38-18-10-11-19-41(38)45(42)36-16-8-3-9-17-36/h1-29,43-44H. The molecule has 3 nitrogen and oxygen atoms in total. The molecule has 0 aliphatic heterocycles. The lowest BCUT2D eigenvalue weighted by molar-refractivity contribution is 1.18. The molecule has 0 saturated carbocycles. The molecule has 0 aliphatic carbocycles. The Bertz CT molecular complexity index is 2230. The lowest BCUT2D eigenvalue weighted by Crippen LogP contribution is -1.94. The Hall–Kier alpha value is -6.06. The van der Waals surface area contributed by atoms with Gasteiger partial charge in [-0.15, -0.1) is 0 Å². The Kier molecular flexibility index (Phi) is 6.82. The summed E-state index contributed by atoms with van der Waals surface area (Å²) in [4.78, 5) is 0. The van der Waals surface area contributed by atoms with Crippen LogP contribution in [0.15, 0.2) is 176 Å². The van der Waals surface area contributed by atoms with E-state index in [0.29, 0.717) is 0 Å². The van der Waals surface area contributed by atoms with Gasteiger partial charge in [-0.3, -0.25) is 0 Å². The van der Waals surface area contributed by atoms with Gasteiger partial charge < -0.3 is 15.2 Å². The van der Waals surface area contributed by atoms with Gasteiger partial charge in [-0.25, -0.2) is 0 Å². The molecular formula is C42H31N3. The number of fused-ring (bicyclic) bond motifs is 3. The van der Waals surface area contributed by atoms with Crippen molar-refractivity contribution < 1.29 is 0 Å². The van der Waals surface area contributed by atoms with Crippen LogP contribution in [0.25, 0.3) is 49.7 Å². The SMILES string of the molecule is c1ccc(Nc2ccc(-c3ccc(Nc4ccccc4)cc3-c3ccc4c(c3)c3ccccc3n4-c3ccccc3)cc2)cc1. The van der Waals surface area contributed by atoms with Crippen LogP contribution in [0.1, 0.15) is 0 Å². The molecule has 0 saturated heterocycles. The first-order valence-corrected chi connectivity index (χ1v) is 15.3. The third-order valence-corrected chi connectivity index (χ3v) is 8.34. The highest BCUT2D eigenvalue weighted by molar-refractivity contribution is 6.11. The molecule has 1 aromatic heterocycles. The molecule has 7 aromatic carbocycles. The van der Waals surface area contributed by atoms with Gasteiger partial charge in [-0.05, 0) is 101 Å². The van der Waals surface area contributed by atoms with E-state index in [1.807, 2.05) is 24.3 Å². The fourth-order valence-electron chi connectivity index (χ4n) is 6.22. The molecule has 0 radical (unpaired) electrons. The van der Waals surface area contributed by atoms with Crippen molar-refractivity contribution in [2.75, 3.05) is 10.6 Å². The van der Waals surface area contributed by atoms with Crippen LogP contribution in [-0.2, 0) is 0 Å². The van der Waals surface area contributed by atoms with Crippen molar-refractivity contribution in [1.82, 2.24) is 4.57 Å². The summed E-state index contributed by atoms with van der Waals surface area (Å²) in [6, 6.07) is 62.2. The zero-order valence-electron chi connectivity index (χ0n) is 24.7. The highest BCUT2D eigenvalue weighted by Gasteiger charge is 2.15. The minimum atomic E-state index is 1.05. The van der Waals surface area contributed by atoms with Crippen molar-refractivity contribution in [1.29, 1.82) is 0 Å². The van der Waals surface area contributed by atoms with Crippen molar-refractivity contribution in [3.05, 3.63) is 176 Å². The average Bonchev–Trinajstić information content (AvgIpc) is 3.44. The third kappa shape index (κ3) is 5.21. The summed E-state index contributed by atoms with van der Waals surface area (Å²) in [6.07, 6.45) is 0. The van der Waals surface area contributed by atoms with Crippen LogP contribution in [0.2, 0.25) is 0 Å². The van der Waals surface area contributed by atoms with Crippen LogP contribution in [0.4, 0.5) is 22.7 Å². The van der Waals surface area contributed by atoms with Gasteiger partial charge in [0.15, 0.2) is 0 Å². The number of para-hydroxylation sites is 4. The normalized spacial score (nSPS) is 11.1. The number of anilines is 4. The van der Waals surface area contributed by atoms with Crippen LogP contribution < -0.4 is 10.6 Å². The maximum Gasteiger partial charge on any atom is 0.0541 e. The minimum Gasteiger partial charge on any atom is -0.356 e. The van der Waals surface area contributed by atoms with Gasteiger partial charge >= 0.3 is 0 Å². The van der Waals surface area contributed by atoms with E-state index in [9.17, 15) is 0 Å². The molecule has 3 heteroatoms. The number of nitrogens with zero attached hydrogens (tertiary/aromatic N) is 1. The topological polar surface area (TPSA) is 29.0 Å². The van der Waals surface area contributed by atoms with Crippen LogP contribution >= 0.6 is 0 Å². The number of rotatable bonds is 7. The Morgan fingerprint density at radius 1 is 0.333 bits per heavy atom. The molecule has 8 aromatic rings. The number of hydrogen-bond donors (Lipinski definition) is 2. The van der Waals surface area contributed by atoms with E-state index in [1.165, 1.54) is 44.1 Å². The van der Waals surface area contributed by atoms with Crippen LogP contribution in [-0.4, -0.2) is 4.57 Å². The Morgan fingerprint density at radius 3 is 1.58 bits per heavy atom. The summed E-state index contributed by atoms with van der Waals surface area (Å²) in [5.41, 5.74) is 12.5. The maximum atomic E-state index is 3.61. The molecule has 1 heterocycles. The molecule has 0 aliphatic rings. The van der Waals surface area contributed by atoms with Gasteiger partial charge in [0.1, 0.15) is 0 Å². The average molecular weight is 578 g/mol. The quantitative estimate of drug-likeness (QED) is 0.197. The van der Waals surface area contributed by atoms with Crippen molar-refractivity contribution in [3.8, 4) is 27.9 Å². The number of benzene rings is 7. The van der Waals surface area contributed by atoms with E-state index in [0.717, 1.165) is 28.4 Å². The Labute approximate surface area is 263 Å². The summed E-state index contributed by atoms with van der Waals surface area (Å²) in [5.74, 6) is 0.